The van der Waals surface area contributed by atoms with Crippen molar-refractivity contribution in [3.8, 4) is 0 Å². The molecule has 1 rings (SSSR count). The third-order valence-corrected chi connectivity index (χ3v) is 4.99. The van der Waals surface area contributed by atoms with E-state index in [0.29, 0.717) is 13.5 Å². The van der Waals surface area contributed by atoms with Crippen LogP contribution in [0.1, 0.15) is 0 Å². The van der Waals surface area contributed by atoms with Crippen molar-refractivity contribution in [1.82, 2.24) is 0 Å². The second-order valence-corrected chi connectivity index (χ2v) is 4.40. The molecule has 52 valence electrons. The molecule has 0 N–H and O–H groups in total. The van der Waals surface area contributed by atoms with Crippen LogP contribution >= 0.6 is 71.9 Å². The summed E-state index contributed by atoms with van der Waals surface area (Å²) >= 11 is 21.1. The molecule has 0 unspecified atom stereocenters. The van der Waals surface area contributed by atoms with E-state index in [-0.39, 0.29) is 0 Å². The Bertz CT molecular complexity index is 362. The number of hydrogen-bond acceptors (Lipinski definition) is 4. The molecule has 0 fully saturated rings. The zero-order valence-electron chi connectivity index (χ0n) is 4.55. The fourth-order valence-electron chi connectivity index (χ4n) is 0.518. The van der Waals surface area contributed by atoms with Gasteiger partial charge >= 0.3 is 0 Å². The monoisotopic (exact) mass is 316 g/mol. The smallest absolute Gasteiger partial charge is 0.0761 e. The Balaban J connectivity index is 3.97. The van der Waals surface area contributed by atoms with Crippen LogP contribution in [0, 0.1) is 17.1 Å². The van der Waals surface area contributed by atoms with Crippen LogP contribution < -0.4 is 0 Å². The highest BCUT2D eigenvalue weighted by Gasteiger charge is 2.04. The van der Waals surface area contributed by atoms with Gasteiger partial charge in [-0.05, 0) is 22.6 Å². The molecule has 0 aromatic heterocycles. The summed E-state index contributed by atoms with van der Waals surface area (Å²) in [5.41, 5.74) is 0. The van der Waals surface area contributed by atoms with Crippen LogP contribution in [0.15, 0.2) is 4.90 Å². The highest BCUT2D eigenvalue weighted by molar-refractivity contribution is 14.1. The van der Waals surface area contributed by atoms with Gasteiger partial charge in [-0.3, -0.25) is 0 Å². The lowest BCUT2D eigenvalue weighted by Gasteiger charge is -1.79. The fraction of sp³-hybridized carbons (Fsp3) is 0. The van der Waals surface area contributed by atoms with Gasteiger partial charge in [0.25, 0.3) is 0 Å². The Hall–Kier alpha value is 1.09. The zero-order chi connectivity index (χ0) is 7.89. The molecule has 0 heterocycles. The molecule has 0 nitrogen and oxygen atoms in total. The van der Waals surface area contributed by atoms with Crippen molar-refractivity contribution in [2.24, 2.45) is 0 Å². The van der Waals surface area contributed by atoms with Gasteiger partial charge in [-0.1, -0.05) is 36.7 Å². The largest absolute Gasteiger partial charge is 0.141 e. The van der Waals surface area contributed by atoms with Crippen molar-refractivity contribution in [1.29, 1.82) is 0 Å². The van der Waals surface area contributed by atoms with Crippen molar-refractivity contribution >= 4 is 71.9 Å². The van der Waals surface area contributed by atoms with Crippen LogP contribution in [0.2, 0.25) is 0 Å². The summed E-state index contributed by atoms with van der Waals surface area (Å²) in [6.45, 7) is 0. The maximum absolute atomic E-state index is 4.98. The van der Waals surface area contributed by atoms with Gasteiger partial charge in [0.15, 0.2) is 0 Å². The number of halogens is 1. The number of hydrogen-bond donors (Lipinski definition) is 1. The van der Waals surface area contributed by atoms with Gasteiger partial charge in [-0.15, -0.1) is 12.6 Å². The molecule has 1 aromatic carbocycles. The molecule has 0 aliphatic rings. The van der Waals surface area contributed by atoms with Crippen LogP contribution in [0.4, 0.5) is 0 Å². The normalized spacial score (nSPS) is 10.2. The Morgan fingerprint density at radius 1 is 1.00 bits per heavy atom. The van der Waals surface area contributed by atoms with E-state index in [1.165, 1.54) is 0 Å². The van der Waals surface area contributed by atoms with Gasteiger partial charge in [0, 0.05) is 8.47 Å². The van der Waals surface area contributed by atoms with Crippen LogP contribution in [-0.2, 0) is 0 Å². The average molecular weight is 316 g/mol. The number of thiol groups is 1. The Morgan fingerprint density at radius 2 is 1.50 bits per heavy atom. The maximum atomic E-state index is 4.98. The molecule has 0 atom stereocenters. The fourth-order valence-corrected chi connectivity index (χ4v) is 2.47. The lowest BCUT2D eigenvalue weighted by atomic mass is 10.7. The van der Waals surface area contributed by atoms with Crippen LogP contribution in [0.5, 0.6) is 0 Å². The third-order valence-electron chi connectivity index (χ3n) is 1.03. The quantitative estimate of drug-likeness (QED) is 0.441. The minimum absolute atomic E-state index is 0.597. The van der Waals surface area contributed by atoms with E-state index < -0.39 is 0 Å². The predicted octanol–water partition coefficient (Wildman–Crippen LogP) is 3.64. The summed E-state index contributed by atoms with van der Waals surface area (Å²) in [5, 5.41) is 0. The molecule has 0 aliphatic heterocycles. The summed E-state index contributed by atoms with van der Waals surface area (Å²) in [6, 6.07) is 0. The van der Waals surface area contributed by atoms with Crippen LogP contribution in [0.25, 0.3) is 0 Å². The molecule has 0 radical (unpaired) electrons. The van der Waals surface area contributed by atoms with E-state index in [1.54, 1.807) is 0 Å². The van der Waals surface area contributed by atoms with Gasteiger partial charge in [-0.25, -0.2) is 0 Å². The van der Waals surface area contributed by atoms with Gasteiger partial charge in [-0.2, -0.15) is 0 Å². The van der Waals surface area contributed by atoms with Gasteiger partial charge in [0.05, 0.1) is 13.5 Å². The molecule has 0 saturated heterocycles. The van der Waals surface area contributed by atoms with E-state index in [9.17, 15) is 0 Å². The first-order valence-electron chi connectivity index (χ1n) is 2.27. The molecular formula is C5HIS4. The second kappa shape index (κ2) is 3.22. The van der Waals surface area contributed by atoms with E-state index >= 15 is 0 Å². The molecule has 0 aliphatic carbocycles. The molecule has 10 heavy (non-hydrogen) atoms. The summed E-state index contributed by atoms with van der Waals surface area (Å²) in [7, 11) is 0. The van der Waals surface area contributed by atoms with Crippen LogP contribution in [-0.4, -0.2) is 0 Å². The lowest BCUT2D eigenvalue weighted by molar-refractivity contribution is 1.50. The average Bonchev–Trinajstić information content (AvgIpc) is 2.07. The van der Waals surface area contributed by atoms with Crippen LogP contribution in [0.3, 0.4) is 0 Å². The van der Waals surface area contributed by atoms with Crippen molar-refractivity contribution in [2.75, 3.05) is 0 Å². The molecule has 0 bridgehead atoms. The van der Waals surface area contributed by atoms with Crippen molar-refractivity contribution in [2.45, 2.75) is 4.90 Å². The molecule has 0 amide bonds. The Morgan fingerprint density at radius 3 is 1.60 bits per heavy atom. The maximum Gasteiger partial charge on any atom is 0.0761 e. The second-order valence-electron chi connectivity index (χ2n) is 1.65. The van der Waals surface area contributed by atoms with Crippen molar-refractivity contribution in [3.63, 3.8) is 0 Å². The zero-order valence-corrected chi connectivity index (χ0v) is 10.1. The topological polar surface area (TPSA) is 0 Å². The first-order chi connectivity index (χ1) is 4.55. The molecule has 1 aromatic rings. The van der Waals surface area contributed by atoms with Crippen molar-refractivity contribution < 1.29 is 0 Å². The number of rotatable bonds is 0. The van der Waals surface area contributed by atoms with E-state index in [2.05, 4.69) is 35.2 Å². The minimum Gasteiger partial charge on any atom is -0.141 e. The first-order valence-corrected chi connectivity index (χ1v) is 5.03. The molecule has 5 heteroatoms. The van der Waals surface area contributed by atoms with Gasteiger partial charge < -0.3 is 0 Å². The SMILES string of the molecule is S=c1c(S)c(I)c(=S)c1=S. The van der Waals surface area contributed by atoms with E-state index in [0.717, 1.165) is 8.47 Å². The highest BCUT2D eigenvalue weighted by Crippen LogP contribution is 2.22. The first kappa shape index (κ1) is 9.18. The Kier molecular flexibility index (Phi) is 2.96. The standard InChI is InChI=1S/C5HIS4/c6-1-2(7)4(9)5(10)3(1)8/h7H. The predicted molar refractivity (Wildman–Crippen MR) is 61.3 cm³/mol. The minimum atomic E-state index is 0.597. The summed E-state index contributed by atoms with van der Waals surface area (Å²) in [4.78, 5) is 0.755. The highest BCUT2D eigenvalue weighted by atomic mass is 127. The molecule has 0 spiro atoms. The third kappa shape index (κ3) is 1.34. The van der Waals surface area contributed by atoms with E-state index in [4.69, 9.17) is 36.7 Å². The molecular weight excluding hydrogens is 315 g/mol. The molecule has 0 saturated carbocycles. The summed E-state index contributed by atoms with van der Waals surface area (Å²) in [6.07, 6.45) is 0. The van der Waals surface area contributed by atoms with E-state index in [1.807, 2.05) is 0 Å². The summed E-state index contributed by atoms with van der Waals surface area (Å²) < 4.78 is 2.80. The summed E-state index contributed by atoms with van der Waals surface area (Å²) in [5.74, 6) is 0. The lowest BCUT2D eigenvalue weighted by Crippen LogP contribution is -1.60. The van der Waals surface area contributed by atoms with Gasteiger partial charge in [0.1, 0.15) is 0 Å². The Labute approximate surface area is 92.9 Å². The van der Waals surface area contributed by atoms with Crippen molar-refractivity contribution in [3.05, 3.63) is 17.1 Å². The van der Waals surface area contributed by atoms with Gasteiger partial charge in [0.2, 0.25) is 0 Å².